The van der Waals surface area contributed by atoms with Gasteiger partial charge >= 0.3 is 0 Å². The van der Waals surface area contributed by atoms with Crippen molar-refractivity contribution in [2.45, 2.75) is 81.9 Å². The van der Waals surface area contributed by atoms with Gasteiger partial charge in [-0.1, -0.05) is 24.6 Å². The minimum atomic E-state index is -1.47. The van der Waals surface area contributed by atoms with Crippen molar-refractivity contribution in [3.8, 4) is 11.8 Å². The molecule has 6 heteroatoms. The molecule has 4 fully saturated rings. The molecule has 2 heterocycles. The van der Waals surface area contributed by atoms with Crippen LogP contribution in [0.4, 0.5) is 5.69 Å². The molecule has 2 aliphatic heterocycles. The minimum Gasteiger partial charge on any atom is -0.385 e. The van der Waals surface area contributed by atoms with Crippen LogP contribution < -0.4 is 4.90 Å². The van der Waals surface area contributed by atoms with E-state index in [0.29, 0.717) is 32.7 Å². The third-order valence-corrected chi connectivity index (χ3v) is 10.2. The summed E-state index contributed by atoms with van der Waals surface area (Å²) < 4.78 is 18.2. The van der Waals surface area contributed by atoms with E-state index in [4.69, 9.17) is 14.2 Å². The Morgan fingerprint density at radius 1 is 0.973 bits per heavy atom. The van der Waals surface area contributed by atoms with Crippen LogP contribution in [0.15, 0.2) is 35.4 Å². The normalized spacial score (nSPS) is 40.3. The number of ether oxygens (including phenoxy) is 3. The number of hydrogen-bond donors (Lipinski definition) is 2. The highest BCUT2D eigenvalue weighted by atomic mass is 16.7. The monoisotopic (exact) mass is 507 g/mol. The molecule has 2 saturated carbocycles. The Bertz CT molecular complexity index is 1140. The number of rotatable bonds is 2. The van der Waals surface area contributed by atoms with Gasteiger partial charge in [0.1, 0.15) is 0 Å². The first kappa shape index (κ1) is 25.4. The van der Waals surface area contributed by atoms with E-state index in [1.54, 1.807) is 6.92 Å². The average Bonchev–Trinajstić information content (AvgIpc) is 3.31. The van der Waals surface area contributed by atoms with E-state index in [1.165, 1.54) is 16.7 Å². The zero-order valence-electron chi connectivity index (χ0n) is 22.7. The first-order chi connectivity index (χ1) is 17.6. The summed E-state index contributed by atoms with van der Waals surface area (Å²) in [7, 11) is 4.11. The van der Waals surface area contributed by atoms with Crippen LogP contribution in [0.3, 0.4) is 0 Å². The predicted octanol–water partition coefficient (Wildman–Crippen LogP) is 4.36. The van der Waals surface area contributed by atoms with Crippen molar-refractivity contribution in [2.24, 2.45) is 17.3 Å². The summed E-state index contributed by atoms with van der Waals surface area (Å²) in [5, 5.41) is 24.0. The summed E-state index contributed by atoms with van der Waals surface area (Å²) in [5.74, 6) is 4.50. The summed E-state index contributed by atoms with van der Waals surface area (Å²) in [6.07, 6.45) is 5.28. The Morgan fingerprint density at radius 3 is 2.38 bits per heavy atom. The molecule has 1 aromatic rings. The first-order valence-electron chi connectivity index (χ1n) is 13.9. The molecule has 0 bridgehead atoms. The second kappa shape index (κ2) is 8.83. The highest BCUT2D eigenvalue weighted by Crippen LogP contribution is 2.65. The van der Waals surface area contributed by atoms with Gasteiger partial charge in [0.05, 0.1) is 25.4 Å². The summed E-state index contributed by atoms with van der Waals surface area (Å²) >= 11 is 0. The van der Waals surface area contributed by atoms with Crippen LogP contribution in [0.5, 0.6) is 0 Å². The topological polar surface area (TPSA) is 71.4 Å². The summed E-state index contributed by atoms with van der Waals surface area (Å²) in [6, 6.07) is 8.79. The molecule has 200 valence electrons. The molecule has 2 N–H and O–H groups in total. The van der Waals surface area contributed by atoms with Crippen molar-refractivity contribution in [3.05, 3.63) is 41.0 Å². The van der Waals surface area contributed by atoms with Crippen LogP contribution in [0.25, 0.3) is 0 Å². The maximum atomic E-state index is 12.2. The maximum absolute atomic E-state index is 12.2. The van der Waals surface area contributed by atoms with Crippen molar-refractivity contribution in [3.63, 3.8) is 0 Å². The lowest BCUT2D eigenvalue weighted by molar-refractivity contribution is -0.286. The van der Waals surface area contributed by atoms with Gasteiger partial charge in [0.25, 0.3) is 0 Å². The molecular weight excluding hydrogens is 466 g/mol. The second-order valence-corrected chi connectivity index (χ2v) is 12.3. The molecule has 0 radical (unpaired) electrons. The zero-order valence-corrected chi connectivity index (χ0v) is 22.7. The van der Waals surface area contributed by atoms with Gasteiger partial charge in [-0.25, -0.2) is 0 Å². The summed E-state index contributed by atoms with van der Waals surface area (Å²) in [5.41, 5.74) is 3.56. The number of anilines is 1. The van der Waals surface area contributed by atoms with Crippen LogP contribution in [-0.2, 0) is 14.2 Å². The van der Waals surface area contributed by atoms with E-state index in [9.17, 15) is 10.2 Å². The largest absolute Gasteiger partial charge is 0.385 e. The molecule has 37 heavy (non-hydrogen) atoms. The first-order valence-corrected chi connectivity index (χ1v) is 13.9. The molecule has 6 rings (SSSR count). The Hall–Kier alpha value is -1.88. The Kier molecular flexibility index (Phi) is 6.06. The standard InChI is InChI=1S/C31H41NO5/c1-5-13-31(34)28(2)19-24(21-6-8-22(9-7-21)32(3)4)27-23(25(28)12-16-37-31)10-14-29(33)20-30(15-11-26(27)29)35-17-18-36-30/h6-9,23-25,33-34H,10-12,14-20H2,1-4H3/t23-,24+,25-,28-,29+,31-/m0/s1. The summed E-state index contributed by atoms with van der Waals surface area (Å²) in [6.45, 7) is 5.65. The molecule has 3 aliphatic carbocycles. The quantitative estimate of drug-likeness (QED) is 0.458. The third kappa shape index (κ3) is 3.81. The van der Waals surface area contributed by atoms with Crippen molar-refractivity contribution in [1.82, 2.24) is 0 Å². The average molecular weight is 508 g/mol. The summed E-state index contributed by atoms with van der Waals surface area (Å²) in [4.78, 5) is 2.11. The van der Waals surface area contributed by atoms with Crippen molar-refractivity contribution < 1.29 is 24.4 Å². The van der Waals surface area contributed by atoms with E-state index >= 15 is 0 Å². The fraction of sp³-hybridized carbons (Fsp3) is 0.677. The van der Waals surface area contributed by atoms with Gasteiger partial charge in [-0.3, -0.25) is 0 Å². The van der Waals surface area contributed by atoms with Crippen molar-refractivity contribution in [1.29, 1.82) is 0 Å². The van der Waals surface area contributed by atoms with Gasteiger partial charge in [-0.15, -0.1) is 5.92 Å². The van der Waals surface area contributed by atoms with E-state index < -0.39 is 22.6 Å². The van der Waals surface area contributed by atoms with Crippen LogP contribution in [-0.4, -0.2) is 61.3 Å². The number of aliphatic hydroxyl groups is 2. The SMILES string of the molecule is CC#C[C@]1(O)OCC[C@H]2[C@@H]3CC[C@@]4(O)CC5(CCC4=C3[C@@H](c3ccc(N(C)C)cc3)C[C@@]21C)OCCO5. The Morgan fingerprint density at radius 2 is 1.70 bits per heavy atom. The van der Waals surface area contributed by atoms with Crippen LogP contribution >= 0.6 is 0 Å². The second-order valence-electron chi connectivity index (χ2n) is 12.3. The number of nitrogens with zero attached hydrogens (tertiary/aromatic N) is 1. The Labute approximate surface area is 221 Å². The van der Waals surface area contributed by atoms with Crippen molar-refractivity contribution >= 4 is 5.69 Å². The van der Waals surface area contributed by atoms with Crippen LogP contribution in [0.1, 0.15) is 70.3 Å². The molecule has 6 atom stereocenters. The predicted molar refractivity (Wildman–Crippen MR) is 142 cm³/mol. The maximum Gasteiger partial charge on any atom is 0.236 e. The third-order valence-electron chi connectivity index (χ3n) is 10.2. The fourth-order valence-corrected chi connectivity index (χ4v) is 8.43. The molecule has 0 unspecified atom stereocenters. The molecule has 0 aromatic heterocycles. The van der Waals surface area contributed by atoms with E-state index in [2.05, 4.69) is 62.0 Å². The van der Waals surface area contributed by atoms with Crippen LogP contribution in [0, 0.1) is 29.1 Å². The number of hydrogen-bond acceptors (Lipinski definition) is 6. The van der Waals surface area contributed by atoms with Crippen LogP contribution in [0.2, 0.25) is 0 Å². The van der Waals surface area contributed by atoms with E-state index in [-0.39, 0.29) is 17.8 Å². The highest BCUT2D eigenvalue weighted by Gasteiger charge is 2.64. The van der Waals surface area contributed by atoms with Gasteiger partial charge in [0.2, 0.25) is 5.79 Å². The van der Waals surface area contributed by atoms with Crippen molar-refractivity contribution in [2.75, 3.05) is 38.8 Å². The lowest BCUT2D eigenvalue weighted by Crippen LogP contribution is -2.62. The van der Waals surface area contributed by atoms with Gasteiger partial charge < -0.3 is 29.3 Å². The zero-order chi connectivity index (χ0) is 26.1. The number of allylic oxidation sites excluding steroid dienone is 1. The van der Waals surface area contributed by atoms with Gasteiger partial charge in [-0.05, 0) is 80.1 Å². The van der Waals surface area contributed by atoms with E-state index in [1.807, 2.05) is 0 Å². The molecule has 1 spiro atoms. The molecule has 2 saturated heterocycles. The molecule has 0 amide bonds. The smallest absolute Gasteiger partial charge is 0.236 e. The van der Waals surface area contributed by atoms with Gasteiger partial charge in [-0.2, -0.15) is 0 Å². The van der Waals surface area contributed by atoms with E-state index in [0.717, 1.165) is 37.8 Å². The minimum absolute atomic E-state index is 0.0793. The lowest BCUT2D eigenvalue weighted by atomic mass is 9.47. The number of benzene rings is 1. The lowest BCUT2D eigenvalue weighted by Gasteiger charge is -2.61. The molecule has 5 aliphatic rings. The molecule has 6 nitrogen and oxygen atoms in total. The molecular formula is C31H41NO5. The fourth-order valence-electron chi connectivity index (χ4n) is 8.43. The highest BCUT2D eigenvalue weighted by molar-refractivity contribution is 5.50. The van der Waals surface area contributed by atoms with Gasteiger partial charge in [0.15, 0.2) is 5.79 Å². The Balaban J connectivity index is 1.49. The number of fused-ring (bicyclic) bond motifs is 4. The van der Waals surface area contributed by atoms with Gasteiger partial charge in [0, 0.05) is 44.0 Å². The molecule has 1 aromatic carbocycles.